The lowest BCUT2D eigenvalue weighted by Crippen LogP contribution is -2.38. The zero-order valence-electron chi connectivity index (χ0n) is 16.5. The third kappa shape index (κ3) is 4.54. The van der Waals surface area contributed by atoms with E-state index < -0.39 is 8.53 Å². The van der Waals surface area contributed by atoms with Crippen LogP contribution in [0.3, 0.4) is 0 Å². The first-order chi connectivity index (χ1) is 12.0. The van der Waals surface area contributed by atoms with Crippen LogP contribution in [-0.4, -0.2) is 42.2 Å². The number of ether oxygens (including phenoxy) is 1. The molecule has 1 heterocycles. The molecule has 1 saturated heterocycles. The minimum atomic E-state index is -1.15. The number of fused-ring (bicyclic) bond motifs is 2. The molecular weight excluding hydrogens is 335 g/mol. The fraction of sp³-hybridized carbons (Fsp3) is 0.947. The normalized spacial score (nSPS) is 35.2. The molecule has 0 radical (unpaired) electrons. The molecule has 6 atom stereocenters. The molecule has 6 heteroatoms. The van der Waals surface area contributed by atoms with E-state index in [2.05, 4.69) is 45.4 Å². The van der Waals surface area contributed by atoms with E-state index in [1.54, 1.807) is 0 Å². The lowest BCUT2D eigenvalue weighted by molar-refractivity contribution is -0.0935. The Kier molecular flexibility index (Phi) is 8.11. The Bertz CT molecular complexity index is 438. The van der Waals surface area contributed by atoms with Crippen LogP contribution in [0.15, 0.2) is 0 Å². The van der Waals surface area contributed by atoms with Crippen LogP contribution in [0, 0.1) is 23.2 Å². The third-order valence-corrected chi connectivity index (χ3v) is 7.24. The van der Waals surface area contributed by atoms with E-state index in [4.69, 9.17) is 19.0 Å². The third-order valence-electron chi connectivity index (χ3n) is 5.57. The van der Waals surface area contributed by atoms with Gasteiger partial charge in [-0.15, -0.1) is 0 Å². The summed E-state index contributed by atoms with van der Waals surface area (Å²) in [6.45, 7) is 13.5. The van der Waals surface area contributed by atoms with Crippen molar-refractivity contribution in [1.29, 1.82) is 5.26 Å². The van der Waals surface area contributed by atoms with E-state index in [1.165, 1.54) is 0 Å². The minimum absolute atomic E-state index is 0.104. The molecule has 0 spiro atoms. The lowest BCUT2D eigenvalue weighted by atomic mass is 9.92. The van der Waals surface area contributed by atoms with Crippen LogP contribution < -0.4 is 0 Å². The summed E-state index contributed by atoms with van der Waals surface area (Å²) < 4.78 is 21.5. The highest BCUT2D eigenvalue weighted by molar-refractivity contribution is 7.44. The molecule has 2 bridgehead atoms. The first-order valence-electron chi connectivity index (χ1n) is 9.92. The Morgan fingerprint density at radius 2 is 1.92 bits per heavy atom. The maximum atomic E-state index is 8.85. The monoisotopic (exact) mass is 370 g/mol. The van der Waals surface area contributed by atoms with Crippen LogP contribution in [0.4, 0.5) is 0 Å². The van der Waals surface area contributed by atoms with E-state index in [0.29, 0.717) is 24.9 Å². The maximum Gasteiger partial charge on any atom is 0.259 e. The first kappa shape index (κ1) is 21.1. The molecule has 2 aliphatic rings. The summed E-state index contributed by atoms with van der Waals surface area (Å²) in [5.41, 5.74) is -0.160. The Balaban J connectivity index is 2.15. The van der Waals surface area contributed by atoms with Gasteiger partial charge < -0.3 is 13.8 Å². The van der Waals surface area contributed by atoms with Crippen LogP contribution in [-0.2, 0) is 13.8 Å². The number of nitrogens with zero attached hydrogens (tertiary/aromatic N) is 2. The van der Waals surface area contributed by atoms with Gasteiger partial charge in [-0.25, -0.2) is 4.67 Å². The highest BCUT2D eigenvalue weighted by atomic mass is 31.2. The maximum absolute atomic E-state index is 8.85. The van der Waals surface area contributed by atoms with Crippen LogP contribution in [0.1, 0.15) is 66.7 Å². The number of hydrogen-bond acceptors (Lipinski definition) is 5. The van der Waals surface area contributed by atoms with Gasteiger partial charge >= 0.3 is 0 Å². The van der Waals surface area contributed by atoms with Crippen molar-refractivity contribution in [3.63, 3.8) is 0 Å². The molecule has 2 fully saturated rings. The summed E-state index contributed by atoms with van der Waals surface area (Å²) in [5.74, 6) is 1.06. The van der Waals surface area contributed by atoms with Gasteiger partial charge in [-0.3, -0.25) is 0 Å². The van der Waals surface area contributed by atoms with Gasteiger partial charge in [0.2, 0.25) is 0 Å². The zero-order valence-corrected chi connectivity index (χ0v) is 17.4. The summed E-state index contributed by atoms with van der Waals surface area (Å²) >= 11 is 0. The summed E-state index contributed by atoms with van der Waals surface area (Å²) in [4.78, 5) is 0. The molecule has 2 unspecified atom stereocenters. The van der Waals surface area contributed by atoms with Crippen LogP contribution in [0.2, 0.25) is 0 Å². The predicted molar refractivity (Wildman–Crippen MR) is 101 cm³/mol. The molecule has 5 nitrogen and oxygen atoms in total. The number of nitriles is 1. The molecule has 0 aromatic heterocycles. The topological polar surface area (TPSA) is 54.7 Å². The quantitative estimate of drug-likeness (QED) is 0.383. The Hall–Kier alpha value is -0.240. The number of rotatable bonds is 11. The van der Waals surface area contributed by atoms with Crippen molar-refractivity contribution >= 4 is 8.53 Å². The lowest BCUT2D eigenvalue weighted by Gasteiger charge is -2.35. The van der Waals surface area contributed by atoms with Crippen molar-refractivity contribution in [3.05, 3.63) is 0 Å². The summed E-state index contributed by atoms with van der Waals surface area (Å²) in [6, 6.07) is 2.17. The van der Waals surface area contributed by atoms with Crippen molar-refractivity contribution in [2.75, 3.05) is 19.7 Å². The van der Waals surface area contributed by atoms with Crippen molar-refractivity contribution in [2.45, 2.75) is 84.5 Å². The van der Waals surface area contributed by atoms with Gasteiger partial charge in [0.25, 0.3) is 8.53 Å². The zero-order chi connectivity index (χ0) is 18.4. The molecule has 0 aromatic rings. The highest BCUT2D eigenvalue weighted by Gasteiger charge is 2.62. The second-order valence-corrected chi connectivity index (χ2v) is 8.97. The van der Waals surface area contributed by atoms with E-state index in [0.717, 1.165) is 38.8 Å². The SMILES string of the molecule is CCCN(CCC)P(OCCC#N)O[C@H]1[C@H]2C(C)C[C@]1(CC)O[C@H]2C. The minimum Gasteiger partial charge on any atom is -0.369 e. The predicted octanol–water partition coefficient (Wildman–Crippen LogP) is 4.87. The van der Waals surface area contributed by atoms with Crippen molar-refractivity contribution < 1.29 is 13.8 Å². The average molecular weight is 370 g/mol. The van der Waals surface area contributed by atoms with Crippen LogP contribution in [0.5, 0.6) is 0 Å². The largest absolute Gasteiger partial charge is 0.369 e. The molecule has 0 N–H and O–H groups in total. The summed E-state index contributed by atoms with van der Waals surface area (Å²) in [5, 5.41) is 8.85. The fourth-order valence-corrected chi connectivity index (χ4v) is 6.41. The Labute approximate surface area is 155 Å². The van der Waals surface area contributed by atoms with E-state index in [9.17, 15) is 0 Å². The molecule has 1 aliphatic heterocycles. The molecular formula is C19H35N2O3P. The molecule has 1 aliphatic carbocycles. The smallest absolute Gasteiger partial charge is 0.259 e. The number of hydrogen-bond donors (Lipinski definition) is 0. The van der Waals surface area contributed by atoms with E-state index in [1.807, 2.05) is 0 Å². The van der Waals surface area contributed by atoms with Crippen molar-refractivity contribution in [3.8, 4) is 6.07 Å². The first-order valence-corrected chi connectivity index (χ1v) is 11.0. The highest BCUT2D eigenvalue weighted by Crippen LogP contribution is 2.59. The fourth-order valence-electron chi connectivity index (χ4n) is 4.55. The summed E-state index contributed by atoms with van der Waals surface area (Å²) in [6.07, 6.45) is 4.95. The molecule has 0 aromatic carbocycles. The molecule has 2 rings (SSSR count). The Morgan fingerprint density at radius 3 is 2.44 bits per heavy atom. The van der Waals surface area contributed by atoms with Crippen molar-refractivity contribution in [1.82, 2.24) is 4.67 Å². The van der Waals surface area contributed by atoms with Gasteiger partial charge in [-0.05, 0) is 38.5 Å². The van der Waals surface area contributed by atoms with Gasteiger partial charge in [-0.1, -0.05) is 27.7 Å². The van der Waals surface area contributed by atoms with E-state index in [-0.39, 0.29) is 17.8 Å². The molecule has 144 valence electrons. The van der Waals surface area contributed by atoms with Crippen LogP contribution in [0.25, 0.3) is 0 Å². The van der Waals surface area contributed by atoms with Gasteiger partial charge in [-0.2, -0.15) is 5.26 Å². The van der Waals surface area contributed by atoms with Crippen molar-refractivity contribution in [2.24, 2.45) is 11.8 Å². The van der Waals surface area contributed by atoms with Gasteiger partial charge in [0.1, 0.15) is 6.10 Å². The van der Waals surface area contributed by atoms with Gasteiger partial charge in [0.05, 0.1) is 30.8 Å². The standard InChI is InChI=1S/C19H35N2O3P/c1-6-11-21(12-7-2)25(22-13-9-10-20)24-18-17-15(4)14-19(18,8-3)23-16(17)5/h15-18H,6-9,11-14H2,1-5H3/t15?,16-,17-,18-,19-,25?/m0/s1. The van der Waals surface area contributed by atoms with Crippen LogP contribution >= 0.6 is 8.53 Å². The average Bonchev–Trinajstić information content (AvgIpc) is 3.00. The molecule has 0 amide bonds. The molecule has 25 heavy (non-hydrogen) atoms. The second-order valence-electron chi connectivity index (χ2n) is 7.46. The van der Waals surface area contributed by atoms with E-state index >= 15 is 0 Å². The second kappa shape index (κ2) is 9.62. The molecule has 1 saturated carbocycles. The van der Waals surface area contributed by atoms with Gasteiger partial charge in [0.15, 0.2) is 0 Å². The van der Waals surface area contributed by atoms with Gasteiger partial charge in [0, 0.05) is 19.0 Å². The Morgan fingerprint density at radius 1 is 1.24 bits per heavy atom. The summed E-state index contributed by atoms with van der Waals surface area (Å²) in [7, 11) is -1.15.